The number of rotatable bonds is 6. The lowest BCUT2D eigenvalue weighted by Crippen LogP contribution is -2.35. The molecule has 1 saturated carbocycles. The van der Waals surface area contributed by atoms with Crippen LogP contribution in [0, 0.1) is 0 Å². The maximum atomic E-state index is 12.4. The molecular weight excluding hydrogens is 312 g/mol. The Balaban J connectivity index is 1.61. The molecule has 0 atom stereocenters. The van der Waals surface area contributed by atoms with Gasteiger partial charge in [-0.2, -0.15) is 0 Å². The molecule has 2 amide bonds. The van der Waals surface area contributed by atoms with Gasteiger partial charge in [0.15, 0.2) is 0 Å². The number of benzene rings is 2. The zero-order valence-electron chi connectivity index (χ0n) is 15.1. The summed E-state index contributed by atoms with van der Waals surface area (Å²) in [4.78, 5) is 12.4. The average molecular weight is 338 g/mol. The van der Waals surface area contributed by atoms with Gasteiger partial charge in [0.05, 0.1) is 7.11 Å². The molecule has 0 bridgehead atoms. The van der Waals surface area contributed by atoms with Gasteiger partial charge in [-0.3, -0.25) is 0 Å². The Hall–Kier alpha value is -2.49. The molecule has 2 aromatic carbocycles. The van der Waals surface area contributed by atoms with Crippen LogP contribution in [0.15, 0.2) is 48.5 Å². The van der Waals surface area contributed by atoms with Crippen LogP contribution in [0.1, 0.15) is 43.7 Å². The van der Waals surface area contributed by atoms with Crippen LogP contribution in [-0.4, -0.2) is 19.7 Å². The lowest BCUT2D eigenvalue weighted by Gasteiger charge is -2.18. The Morgan fingerprint density at radius 3 is 2.40 bits per heavy atom. The summed E-state index contributed by atoms with van der Waals surface area (Å²) in [6, 6.07) is 16.0. The highest BCUT2D eigenvalue weighted by atomic mass is 16.5. The molecule has 0 aliphatic heterocycles. The molecule has 25 heavy (non-hydrogen) atoms. The third-order valence-corrected chi connectivity index (χ3v) is 4.97. The first-order chi connectivity index (χ1) is 12.0. The zero-order valence-corrected chi connectivity index (χ0v) is 15.1. The Morgan fingerprint density at radius 1 is 1.12 bits per heavy atom. The van der Waals surface area contributed by atoms with Gasteiger partial charge in [0.25, 0.3) is 0 Å². The molecule has 0 heterocycles. The maximum absolute atomic E-state index is 12.4. The minimum atomic E-state index is -0.145. The number of para-hydroxylation sites is 1. The average Bonchev–Trinajstić information content (AvgIpc) is 3.41. The Labute approximate surface area is 149 Å². The molecule has 132 valence electrons. The van der Waals surface area contributed by atoms with Crippen molar-refractivity contribution in [1.82, 2.24) is 5.32 Å². The summed E-state index contributed by atoms with van der Waals surface area (Å²) in [5, 5.41) is 6.04. The van der Waals surface area contributed by atoms with Crippen molar-refractivity contribution in [1.29, 1.82) is 0 Å². The Morgan fingerprint density at radius 2 is 1.80 bits per heavy atom. The van der Waals surface area contributed by atoms with E-state index in [1.54, 1.807) is 7.11 Å². The van der Waals surface area contributed by atoms with E-state index in [0.29, 0.717) is 12.5 Å². The largest absolute Gasteiger partial charge is 0.497 e. The van der Waals surface area contributed by atoms with E-state index < -0.39 is 0 Å². The van der Waals surface area contributed by atoms with Gasteiger partial charge in [0.1, 0.15) is 5.75 Å². The lowest BCUT2D eigenvalue weighted by molar-refractivity contribution is 0.251. The molecule has 4 heteroatoms. The number of amides is 2. The molecule has 4 nitrogen and oxygen atoms in total. The molecule has 3 rings (SSSR count). The van der Waals surface area contributed by atoms with Crippen molar-refractivity contribution in [2.24, 2.45) is 0 Å². The van der Waals surface area contributed by atoms with Crippen LogP contribution in [0.5, 0.6) is 5.75 Å². The third-order valence-electron chi connectivity index (χ3n) is 4.97. The fraction of sp³-hybridized carbons (Fsp3) is 0.381. The smallest absolute Gasteiger partial charge is 0.319 e. The van der Waals surface area contributed by atoms with E-state index in [-0.39, 0.29) is 11.4 Å². The second kappa shape index (κ2) is 7.18. The highest BCUT2D eigenvalue weighted by molar-refractivity contribution is 5.90. The van der Waals surface area contributed by atoms with Gasteiger partial charge in [-0.05, 0) is 48.1 Å². The number of carbonyl (C=O) groups excluding carboxylic acids is 1. The zero-order chi connectivity index (χ0) is 17.9. The quantitative estimate of drug-likeness (QED) is 0.804. The van der Waals surface area contributed by atoms with Crippen molar-refractivity contribution < 1.29 is 9.53 Å². The summed E-state index contributed by atoms with van der Waals surface area (Å²) >= 11 is 0. The van der Waals surface area contributed by atoms with E-state index in [4.69, 9.17) is 4.74 Å². The molecule has 0 saturated heterocycles. The fourth-order valence-corrected chi connectivity index (χ4v) is 3.19. The standard InChI is InChI=1S/C21H26N2O2/c1-15(2)18-6-4-5-7-19(18)23-20(24)22-14-21(12-13-21)16-8-10-17(25-3)11-9-16/h4-11,15H,12-14H2,1-3H3,(H2,22,23,24). The number of hydrogen-bond donors (Lipinski definition) is 2. The minimum Gasteiger partial charge on any atom is -0.497 e. The molecule has 2 N–H and O–H groups in total. The summed E-state index contributed by atoms with van der Waals surface area (Å²) in [6.07, 6.45) is 2.20. The van der Waals surface area contributed by atoms with E-state index in [9.17, 15) is 4.79 Å². The van der Waals surface area contributed by atoms with Crippen molar-refractivity contribution in [2.75, 3.05) is 19.0 Å². The molecule has 1 aliphatic carbocycles. The van der Waals surface area contributed by atoms with Crippen LogP contribution in [0.3, 0.4) is 0 Å². The maximum Gasteiger partial charge on any atom is 0.319 e. The van der Waals surface area contributed by atoms with Crippen LogP contribution < -0.4 is 15.4 Å². The number of carbonyl (C=O) groups is 1. The van der Waals surface area contributed by atoms with Gasteiger partial charge in [-0.1, -0.05) is 44.2 Å². The van der Waals surface area contributed by atoms with E-state index in [1.165, 1.54) is 5.56 Å². The van der Waals surface area contributed by atoms with E-state index in [1.807, 2.05) is 30.3 Å². The fourth-order valence-electron chi connectivity index (χ4n) is 3.19. The Kier molecular flexibility index (Phi) is 4.98. The summed E-state index contributed by atoms with van der Waals surface area (Å²) in [5.74, 6) is 1.22. The van der Waals surface area contributed by atoms with Crippen LogP contribution in [0.2, 0.25) is 0 Å². The molecule has 1 aliphatic rings. The van der Waals surface area contributed by atoms with Crippen molar-refractivity contribution >= 4 is 11.7 Å². The van der Waals surface area contributed by atoms with Crippen LogP contribution in [0.25, 0.3) is 0 Å². The van der Waals surface area contributed by atoms with E-state index in [2.05, 4.69) is 42.7 Å². The molecular formula is C21H26N2O2. The topological polar surface area (TPSA) is 50.4 Å². The number of nitrogens with one attached hydrogen (secondary N) is 2. The highest BCUT2D eigenvalue weighted by Crippen LogP contribution is 2.47. The van der Waals surface area contributed by atoms with E-state index in [0.717, 1.165) is 29.8 Å². The molecule has 0 radical (unpaired) electrons. The monoisotopic (exact) mass is 338 g/mol. The molecule has 0 spiro atoms. The van der Waals surface area contributed by atoms with Crippen LogP contribution in [-0.2, 0) is 5.41 Å². The second-order valence-electron chi connectivity index (χ2n) is 7.06. The van der Waals surface area contributed by atoms with Crippen molar-refractivity contribution in [3.63, 3.8) is 0 Å². The lowest BCUT2D eigenvalue weighted by atomic mass is 9.96. The normalized spacial score (nSPS) is 14.9. The van der Waals surface area contributed by atoms with Gasteiger partial charge >= 0.3 is 6.03 Å². The first-order valence-electron chi connectivity index (χ1n) is 8.82. The van der Waals surface area contributed by atoms with Crippen molar-refractivity contribution in [3.8, 4) is 5.75 Å². The summed E-state index contributed by atoms with van der Waals surface area (Å²) in [6.45, 7) is 4.90. The van der Waals surface area contributed by atoms with Gasteiger partial charge in [0, 0.05) is 17.6 Å². The first-order valence-corrected chi connectivity index (χ1v) is 8.82. The number of methoxy groups -OCH3 is 1. The third kappa shape index (κ3) is 3.95. The minimum absolute atomic E-state index is 0.0706. The van der Waals surface area contributed by atoms with Crippen LogP contribution >= 0.6 is 0 Å². The summed E-state index contributed by atoms with van der Waals surface area (Å²) < 4.78 is 5.22. The van der Waals surface area contributed by atoms with Crippen LogP contribution in [0.4, 0.5) is 10.5 Å². The summed E-state index contributed by atoms with van der Waals surface area (Å²) in [5.41, 5.74) is 3.36. The van der Waals surface area contributed by atoms with Crippen molar-refractivity contribution in [3.05, 3.63) is 59.7 Å². The molecule has 0 aromatic heterocycles. The van der Waals surface area contributed by atoms with Gasteiger partial charge in [-0.25, -0.2) is 4.79 Å². The predicted octanol–water partition coefficient (Wildman–Crippen LogP) is 4.67. The first kappa shape index (κ1) is 17.3. The number of hydrogen-bond acceptors (Lipinski definition) is 2. The summed E-state index contributed by atoms with van der Waals surface area (Å²) in [7, 11) is 1.67. The molecule has 0 unspecified atom stereocenters. The van der Waals surface area contributed by atoms with Gasteiger partial charge < -0.3 is 15.4 Å². The molecule has 1 fully saturated rings. The second-order valence-corrected chi connectivity index (χ2v) is 7.06. The number of ether oxygens (including phenoxy) is 1. The SMILES string of the molecule is COc1ccc(C2(CNC(=O)Nc3ccccc3C(C)C)CC2)cc1. The van der Waals surface area contributed by atoms with Gasteiger partial charge in [0.2, 0.25) is 0 Å². The van der Waals surface area contributed by atoms with Crippen molar-refractivity contribution in [2.45, 2.75) is 38.0 Å². The predicted molar refractivity (Wildman–Crippen MR) is 101 cm³/mol. The van der Waals surface area contributed by atoms with Gasteiger partial charge in [-0.15, -0.1) is 0 Å². The van der Waals surface area contributed by atoms with E-state index >= 15 is 0 Å². The highest BCUT2D eigenvalue weighted by Gasteiger charge is 2.44. The molecule has 2 aromatic rings. The Bertz CT molecular complexity index is 734. The number of urea groups is 1. The number of anilines is 1.